The molecular formula is C11H14N2O7S. The molecule has 0 amide bonds. The van der Waals surface area contributed by atoms with Gasteiger partial charge in [-0.2, -0.15) is 4.72 Å². The highest BCUT2D eigenvalue weighted by Gasteiger charge is 2.31. The van der Waals surface area contributed by atoms with Gasteiger partial charge >= 0.3 is 5.97 Å². The highest BCUT2D eigenvalue weighted by molar-refractivity contribution is 7.89. The number of aliphatic hydroxyl groups is 1. The lowest BCUT2D eigenvalue weighted by Crippen LogP contribution is -2.47. The number of sulfonamides is 1. The van der Waals surface area contributed by atoms with Gasteiger partial charge < -0.3 is 10.2 Å². The van der Waals surface area contributed by atoms with Crippen LogP contribution in [0.3, 0.4) is 0 Å². The van der Waals surface area contributed by atoms with Crippen LogP contribution in [0, 0.1) is 17.0 Å². The second-order valence-electron chi connectivity index (χ2n) is 4.34. The third-order valence-corrected chi connectivity index (χ3v) is 4.36. The summed E-state index contributed by atoms with van der Waals surface area (Å²) in [6.45, 7) is 2.35. The highest BCUT2D eigenvalue weighted by Crippen LogP contribution is 2.24. The Kier molecular flexibility index (Phi) is 4.99. The molecule has 0 bridgehead atoms. The molecule has 1 aromatic carbocycles. The Balaban J connectivity index is 3.29. The van der Waals surface area contributed by atoms with Crippen LogP contribution in [-0.2, 0) is 14.8 Å². The van der Waals surface area contributed by atoms with E-state index in [0.717, 1.165) is 19.1 Å². The van der Waals surface area contributed by atoms with E-state index in [4.69, 9.17) is 5.11 Å². The van der Waals surface area contributed by atoms with E-state index in [1.54, 1.807) is 0 Å². The minimum atomic E-state index is -4.33. The van der Waals surface area contributed by atoms with Crippen LogP contribution < -0.4 is 4.72 Å². The first kappa shape index (κ1) is 17.0. The van der Waals surface area contributed by atoms with Gasteiger partial charge in [-0.15, -0.1) is 0 Å². The van der Waals surface area contributed by atoms with E-state index in [1.165, 1.54) is 13.0 Å². The average molecular weight is 318 g/mol. The SMILES string of the molecule is Cc1c([N+](=O)[O-])cccc1S(=O)(=O)NC(C(=O)O)C(C)O. The van der Waals surface area contributed by atoms with Crippen molar-refractivity contribution in [1.82, 2.24) is 4.72 Å². The van der Waals surface area contributed by atoms with E-state index in [-0.39, 0.29) is 5.56 Å². The molecule has 0 heterocycles. The fraction of sp³-hybridized carbons (Fsp3) is 0.364. The highest BCUT2D eigenvalue weighted by atomic mass is 32.2. The first-order valence-electron chi connectivity index (χ1n) is 5.75. The molecule has 0 fully saturated rings. The standard InChI is InChI=1S/C11H14N2O7S/c1-6-8(13(17)18)4-3-5-9(6)21(19,20)12-10(7(2)14)11(15)16/h3-5,7,10,12,14H,1-2H3,(H,15,16). The largest absolute Gasteiger partial charge is 0.480 e. The summed E-state index contributed by atoms with van der Waals surface area (Å²) in [4.78, 5) is 20.6. The van der Waals surface area contributed by atoms with E-state index in [9.17, 15) is 28.4 Å². The van der Waals surface area contributed by atoms with Crippen molar-refractivity contribution in [3.63, 3.8) is 0 Å². The molecular weight excluding hydrogens is 304 g/mol. The molecule has 9 nitrogen and oxygen atoms in total. The van der Waals surface area contributed by atoms with Crippen LogP contribution >= 0.6 is 0 Å². The monoisotopic (exact) mass is 318 g/mol. The van der Waals surface area contributed by atoms with Gasteiger partial charge in [0.1, 0.15) is 6.04 Å². The first-order valence-corrected chi connectivity index (χ1v) is 7.23. The van der Waals surface area contributed by atoms with Crippen molar-refractivity contribution in [3.05, 3.63) is 33.9 Å². The number of nitro benzene ring substituents is 1. The number of aliphatic carboxylic acids is 1. The minimum absolute atomic E-state index is 0.121. The maximum atomic E-state index is 12.1. The molecule has 0 saturated heterocycles. The minimum Gasteiger partial charge on any atom is -0.480 e. The van der Waals surface area contributed by atoms with Gasteiger partial charge in [0.2, 0.25) is 10.0 Å². The number of hydrogen-bond donors (Lipinski definition) is 3. The zero-order valence-corrected chi connectivity index (χ0v) is 12.0. The van der Waals surface area contributed by atoms with Gasteiger partial charge in [-0.1, -0.05) is 6.07 Å². The molecule has 1 rings (SSSR count). The predicted octanol–water partition coefficient (Wildman–Crippen LogP) is 0.0155. The number of carboxylic acid groups (broad SMARTS) is 1. The summed E-state index contributed by atoms with van der Waals surface area (Å²) in [6, 6.07) is 1.68. The summed E-state index contributed by atoms with van der Waals surface area (Å²) in [5.41, 5.74) is -0.522. The van der Waals surface area contributed by atoms with E-state index in [2.05, 4.69) is 0 Å². The van der Waals surface area contributed by atoms with Crippen LogP contribution in [0.15, 0.2) is 23.1 Å². The summed E-state index contributed by atoms with van der Waals surface area (Å²) in [7, 11) is -4.33. The summed E-state index contributed by atoms with van der Waals surface area (Å²) in [6.07, 6.45) is -1.48. The van der Waals surface area contributed by atoms with Crippen molar-refractivity contribution >= 4 is 21.7 Å². The lowest BCUT2D eigenvalue weighted by molar-refractivity contribution is -0.385. The van der Waals surface area contributed by atoms with Gasteiger partial charge in [0.15, 0.2) is 0 Å². The number of nitrogens with zero attached hydrogens (tertiary/aromatic N) is 1. The third-order valence-electron chi connectivity index (χ3n) is 2.77. The number of rotatable bonds is 6. The Morgan fingerprint density at radius 3 is 2.43 bits per heavy atom. The van der Waals surface area contributed by atoms with Crippen LogP contribution in [0.1, 0.15) is 12.5 Å². The van der Waals surface area contributed by atoms with E-state index in [1.807, 2.05) is 4.72 Å². The summed E-state index contributed by atoms with van der Waals surface area (Å²) in [5.74, 6) is -1.56. The number of hydrogen-bond acceptors (Lipinski definition) is 6. The molecule has 116 valence electrons. The Hall–Kier alpha value is -2.04. The van der Waals surface area contributed by atoms with Crippen molar-refractivity contribution in [1.29, 1.82) is 0 Å². The zero-order chi connectivity index (χ0) is 16.4. The van der Waals surface area contributed by atoms with E-state index >= 15 is 0 Å². The van der Waals surface area contributed by atoms with Crippen LogP contribution in [0.2, 0.25) is 0 Å². The molecule has 21 heavy (non-hydrogen) atoms. The van der Waals surface area contributed by atoms with Crippen LogP contribution in [0.4, 0.5) is 5.69 Å². The quantitative estimate of drug-likeness (QED) is 0.494. The van der Waals surface area contributed by atoms with Crippen molar-refractivity contribution in [2.45, 2.75) is 30.9 Å². The number of nitrogens with one attached hydrogen (secondary N) is 1. The van der Waals surface area contributed by atoms with Gasteiger partial charge in [-0.05, 0) is 19.9 Å². The summed E-state index contributed by atoms with van der Waals surface area (Å²) < 4.78 is 26.1. The number of carboxylic acids is 1. The summed E-state index contributed by atoms with van der Waals surface area (Å²) in [5, 5.41) is 29.0. The fourth-order valence-corrected chi connectivity index (χ4v) is 3.20. The van der Waals surface area contributed by atoms with Gasteiger partial charge in [0.25, 0.3) is 5.69 Å². The number of carbonyl (C=O) groups is 1. The second-order valence-corrected chi connectivity index (χ2v) is 6.02. The topological polar surface area (TPSA) is 147 Å². The molecule has 10 heteroatoms. The lowest BCUT2D eigenvalue weighted by atomic mass is 10.2. The maximum absolute atomic E-state index is 12.1. The van der Waals surface area contributed by atoms with E-state index in [0.29, 0.717) is 0 Å². The molecule has 0 radical (unpaired) electrons. The van der Waals surface area contributed by atoms with Crippen LogP contribution in [-0.4, -0.2) is 41.7 Å². The van der Waals surface area contributed by atoms with Gasteiger partial charge in [0.05, 0.1) is 15.9 Å². The Labute approximate surface area is 120 Å². The molecule has 3 N–H and O–H groups in total. The molecule has 0 aliphatic rings. The van der Waals surface area contributed by atoms with Crippen molar-refractivity contribution in [2.75, 3.05) is 0 Å². The van der Waals surface area contributed by atoms with E-state index < -0.39 is 43.6 Å². The Morgan fingerprint density at radius 2 is 2.00 bits per heavy atom. The summed E-state index contributed by atoms with van der Waals surface area (Å²) >= 11 is 0. The normalized spacial score (nSPS) is 14.4. The molecule has 0 aliphatic carbocycles. The van der Waals surface area contributed by atoms with Crippen LogP contribution in [0.25, 0.3) is 0 Å². The molecule has 0 spiro atoms. The molecule has 0 saturated carbocycles. The lowest BCUT2D eigenvalue weighted by Gasteiger charge is -2.17. The Morgan fingerprint density at radius 1 is 1.43 bits per heavy atom. The van der Waals surface area contributed by atoms with Gasteiger partial charge in [0, 0.05) is 11.6 Å². The van der Waals surface area contributed by atoms with Gasteiger partial charge in [-0.25, -0.2) is 8.42 Å². The molecule has 0 aliphatic heterocycles. The molecule has 0 aromatic heterocycles. The number of aliphatic hydroxyl groups excluding tert-OH is 1. The smallest absolute Gasteiger partial charge is 0.324 e. The average Bonchev–Trinajstić information content (AvgIpc) is 2.35. The first-order chi connectivity index (χ1) is 9.58. The maximum Gasteiger partial charge on any atom is 0.324 e. The van der Waals surface area contributed by atoms with Crippen LogP contribution in [0.5, 0.6) is 0 Å². The zero-order valence-electron chi connectivity index (χ0n) is 11.2. The number of benzene rings is 1. The molecule has 2 atom stereocenters. The second kappa shape index (κ2) is 6.16. The van der Waals surface area contributed by atoms with Crippen molar-refractivity contribution in [3.8, 4) is 0 Å². The van der Waals surface area contributed by atoms with Gasteiger partial charge in [-0.3, -0.25) is 14.9 Å². The fourth-order valence-electron chi connectivity index (χ4n) is 1.68. The third kappa shape index (κ3) is 3.74. The van der Waals surface area contributed by atoms with Crippen molar-refractivity contribution < 1.29 is 28.3 Å². The Bertz CT molecular complexity index is 669. The predicted molar refractivity (Wildman–Crippen MR) is 71.3 cm³/mol. The molecule has 2 unspecified atom stereocenters. The number of nitro groups is 1. The molecule has 1 aromatic rings. The van der Waals surface area contributed by atoms with Crippen molar-refractivity contribution in [2.24, 2.45) is 0 Å².